The van der Waals surface area contributed by atoms with Crippen molar-refractivity contribution in [1.82, 2.24) is 0 Å². The average molecular weight is 253 g/mol. The molecule has 0 saturated heterocycles. The van der Waals surface area contributed by atoms with Crippen molar-refractivity contribution >= 4 is 28.1 Å². The smallest absolute Gasteiger partial charge is 0.339 e. The van der Waals surface area contributed by atoms with Gasteiger partial charge in [0.25, 0.3) is 0 Å². The zero-order valence-corrected chi connectivity index (χ0v) is 10.5. The normalized spacial score (nSPS) is 9.59. The molecule has 0 bridgehead atoms. The fourth-order valence-electron chi connectivity index (χ4n) is 1.39. The molecule has 0 atom stereocenters. The lowest BCUT2D eigenvalue weighted by molar-refractivity contribution is 0.0527. The van der Waals surface area contributed by atoms with Gasteiger partial charge in [0, 0.05) is 4.91 Å². The number of rotatable bonds is 4. The van der Waals surface area contributed by atoms with Gasteiger partial charge >= 0.3 is 5.97 Å². The van der Waals surface area contributed by atoms with Crippen LogP contribution in [0.15, 0.2) is 5.11 Å². The minimum Gasteiger partial charge on any atom is -0.462 e. The van der Waals surface area contributed by atoms with Gasteiger partial charge < -0.3 is 4.74 Å². The molecular formula is C10H11N3O3S. The summed E-state index contributed by atoms with van der Waals surface area (Å²) in [5, 5.41) is 3.59. The van der Waals surface area contributed by atoms with E-state index in [9.17, 15) is 9.59 Å². The number of azide groups is 1. The second-order valence-corrected chi connectivity index (χ2v) is 4.20. The van der Waals surface area contributed by atoms with Crippen LogP contribution in [0, 0.1) is 6.92 Å². The Labute approximate surface area is 102 Å². The Bertz CT molecular complexity index is 515. The summed E-state index contributed by atoms with van der Waals surface area (Å²) < 4.78 is 4.86. The number of Topliss-reactive ketones (excluding diaryl/α,β-unsaturated/α-hetero) is 1. The molecule has 0 aromatic carbocycles. The van der Waals surface area contributed by atoms with Crippen LogP contribution in [0.5, 0.6) is 0 Å². The fourth-order valence-corrected chi connectivity index (χ4v) is 2.40. The average Bonchev–Trinajstić information content (AvgIpc) is 2.56. The molecule has 0 N–H and O–H groups in total. The molecule has 0 aliphatic carbocycles. The van der Waals surface area contributed by atoms with Crippen LogP contribution in [-0.4, -0.2) is 18.4 Å². The molecule has 0 saturated carbocycles. The third-order valence-electron chi connectivity index (χ3n) is 2.06. The molecule has 17 heavy (non-hydrogen) atoms. The monoisotopic (exact) mass is 253 g/mol. The quantitative estimate of drug-likeness (QED) is 0.270. The number of nitrogens with zero attached hydrogens (tertiary/aromatic N) is 3. The summed E-state index contributed by atoms with van der Waals surface area (Å²) in [5.74, 6) is -0.742. The van der Waals surface area contributed by atoms with Gasteiger partial charge in [0.15, 0.2) is 5.78 Å². The van der Waals surface area contributed by atoms with Crippen molar-refractivity contribution in [3.05, 3.63) is 26.4 Å². The maximum Gasteiger partial charge on any atom is 0.339 e. The van der Waals surface area contributed by atoms with Crippen LogP contribution in [-0.2, 0) is 4.74 Å². The minimum atomic E-state index is -0.573. The third-order valence-corrected chi connectivity index (χ3v) is 3.34. The molecule has 0 radical (unpaired) electrons. The topological polar surface area (TPSA) is 92.1 Å². The molecule has 0 fully saturated rings. The summed E-state index contributed by atoms with van der Waals surface area (Å²) in [6.07, 6.45) is 0. The first-order valence-electron chi connectivity index (χ1n) is 4.89. The Morgan fingerprint density at radius 3 is 2.65 bits per heavy atom. The van der Waals surface area contributed by atoms with E-state index in [0.29, 0.717) is 10.4 Å². The largest absolute Gasteiger partial charge is 0.462 e. The van der Waals surface area contributed by atoms with E-state index in [1.54, 1.807) is 13.8 Å². The number of hydrogen-bond acceptors (Lipinski definition) is 5. The molecule has 7 heteroatoms. The number of carbonyl (C=O) groups excluding carboxylic acids is 2. The van der Waals surface area contributed by atoms with E-state index < -0.39 is 5.97 Å². The first kappa shape index (κ1) is 13.2. The molecule has 0 amide bonds. The van der Waals surface area contributed by atoms with Gasteiger partial charge in [-0.05, 0) is 37.0 Å². The molecule has 1 heterocycles. The van der Waals surface area contributed by atoms with Crippen LogP contribution in [0.4, 0.5) is 5.00 Å². The van der Waals surface area contributed by atoms with E-state index in [4.69, 9.17) is 10.3 Å². The van der Waals surface area contributed by atoms with Crippen LogP contribution in [0.1, 0.15) is 39.4 Å². The Morgan fingerprint density at radius 2 is 2.18 bits per heavy atom. The number of ketones is 1. The number of esters is 1. The fraction of sp³-hybridized carbons (Fsp3) is 0.400. The van der Waals surface area contributed by atoms with Crippen molar-refractivity contribution in [3.63, 3.8) is 0 Å². The molecule has 1 rings (SSSR count). The van der Waals surface area contributed by atoms with Crippen molar-refractivity contribution in [3.8, 4) is 0 Å². The van der Waals surface area contributed by atoms with Crippen LogP contribution < -0.4 is 0 Å². The van der Waals surface area contributed by atoms with E-state index in [2.05, 4.69) is 10.0 Å². The predicted octanol–water partition coefficient (Wildman–Crippen LogP) is 3.38. The Morgan fingerprint density at radius 1 is 1.53 bits per heavy atom. The number of carbonyl (C=O) groups is 2. The molecule has 90 valence electrons. The second-order valence-electron chi connectivity index (χ2n) is 3.20. The first-order chi connectivity index (χ1) is 8.02. The van der Waals surface area contributed by atoms with Gasteiger partial charge in [-0.25, -0.2) is 4.79 Å². The van der Waals surface area contributed by atoms with E-state index in [-0.39, 0.29) is 23.0 Å². The van der Waals surface area contributed by atoms with Crippen LogP contribution in [0.2, 0.25) is 0 Å². The van der Waals surface area contributed by atoms with E-state index in [1.807, 2.05) is 0 Å². The number of thiophene rings is 1. The maximum absolute atomic E-state index is 11.7. The van der Waals surface area contributed by atoms with Crippen LogP contribution in [0.25, 0.3) is 10.4 Å². The summed E-state index contributed by atoms with van der Waals surface area (Å²) in [6.45, 7) is 4.93. The van der Waals surface area contributed by atoms with Crippen LogP contribution in [0.3, 0.4) is 0 Å². The lowest BCUT2D eigenvalue weighted by Crippen LogP contribution is -2.06. The molecule has 1 aromatic heterocycles. The first-order valence-corrected chi connectivity index (χ1v) is 5.71. The molecule has 6 nitrogen and oxygen atoms in total. The Balaban J connectivity index is 3.39. The lowest BCUT2D eigenvalue weighted by atomic mass is 10.1. The van der Waals surface area contributed by atoms with Gasteiger partial charge in [0.1, 0.15) is 5.00 Å². The summed E-state index contributed by atoms with van der Waals surface area (Å²) in [6, 6.07) is 0. The van der Waals surface area contributed by atoms with Gasteiger partial charge in [-0.2, -0.15) is 0 Å². The Hall–Kier alpha value is -1.85. The lowest BCUT2D eigenvalue weighted by Gasteiger charge is -2.02. The third kappa shape index (κ3) is 2.64. The van der Waals surface area contributed by atoms with Crippen LogP contribution >= 0.6 is 11.3 Å². The molecule has 0 spiro atoms. The second kappa shape index (κ2) is 5.47. The molecule has 0 unspecified atom stereocenters. The van der Waals surface area contributed by atoms with E-state index >= 15 is 0 Å². The molecular weight excluding hydrogens is 242 g/mol. The van der Waals surface area contributed by atoms with Crippen molar-refractivity contribution in [2.24, 2.45) is 5.11 Å². The number of hydrogen-bond donors (Lipinski definition) is 0. The van der Waals surface area contributed by atoms with E-state index in [1.165, 1.54) is 6.92 Å². The highest BCUT2D eigenvalue weighted by Gasteiger charge is 2.23. The van der Waals surface area contributed by atoms with Gasteiger partial charge in [-0.15, -0.1) is 11.3 Å². The van der Waals surface area contributed by atoms with Gasteiger partial charge in [0.05, 0.1) is 17.0 Å². The Kier molecular flexibility index (Phi) is 4.25. The predicted molar refractivity (Wildman–Crippen MR) is 63.8 cm³/mol. The SMILES string of the molecule is CCOC(=O)c1c(N=[N+]=[N-])sc(C(C)=O)c1C. The highest BCUT2D eigenvalue weighted by atomic mass is 32.1. The maximum atomic E-state index is 11.7. The van der Waals surface area contributed by atoms with Gasteiger partial charge in [-0.3, -0.25) is 4.79 Å². The molecule has 0 aliphatic rings. The standard InChI is InChI=1S/C10H11N3O3S/c1-4-16-10(15)7-5(2)8(6(3)14)17-9(7)12-13-11/h4H2,1-3H3. The molecule has 0 aliphatic heterocycles. The summed E-state index contributed by atoms with van der Waals surface area (Å²) in [4.78, 5) is 26.1. The van der Waals surface area contributed by atoms with Crippen molar-refractivity contribution in [1.29, 1.82) is 0 Å². The zero-order chi connectivity index (χ0) is 13.0. The van der Waals surface area contributed by atoms with Crippen molar-refractivity contribution < 1.29 is 14.3 Å². The highest BCUT2D eigenvalue weighted by molar-refractivity contribution is 7.18. The van der Waals surface area contributed by atoms with E-state index in [0.717, 1.165) is 11.3 Å². The number of ether oxygens (including phenoxy) is 1. The van der Waals surface area contributed by atoms with Gasteiger partial charge in [0.2, 0.25) is 0 Å². The zero-order valence-electron chi connectivity index (χ0n) is 9.68. The van der Waals surface area contributed by atoms with Crippen molar-refractivity contribution in [2.75, 3.05) is 6.61 Å². The minimum absolute atomic E-state index is 0.169. The highest BCUT2D eigenvalue weighted by Crippen LogP contribution is 2.36. The molecule has 1 aromatic rings. The summed E-state index contributed by atoms with van der Waals surface area (Å²) in [5.41, 5.74) is 9.11. The van der Waals surface area contributed by atoms with Crippen molar-refractivity contribution in [2.45, 2.75) is 20.8 Å². The summed E-state index contributed by atoms with van der Waals surface area (Å²) >= 11 is 1.00. The summed E-state index contributed by atoms with van der Waals surface area (Å²) in [7, 11) is 0. The van der Waals surface area contributed by atoms with Gasteiger partial charge in [-0.1, -0.05) is 0 Å².